The van der Waals surface area contributed by atoms with Crippen LogP contribution in [0.25, 0.3) is 0 Å². The van der Waals surface area contributed by atoms with Crippen LogP contribution in [-0.4, -0.2) is 50.3 Å². The molecule has 3 heteroatoms. The zero-order valence-electron chi connectivity index (χ0n) is 11.3. The molecule has 2 unspecified atom stereocenters. The van der Waals surface area contributed by atoms with Crippen LogP contribution in [0.4, 0.5) is 0 Å². The number of rotatable bonds is 6. The third kappa shape index (κ3) is 4.04. The molecular weight excluding hydrogens is 200 g/mol. The van der Waals surface area contributed by atoms with Crippen molar-refractivity contribution in [3.63, 3.8) is 0 Å². The second-order valence-electron chi connectivity index (χ2n) is 5.17. The van der Waals surface area contributed by atoms with Crippen LogP contribution in [0.5, 0.6) is 0 Å². The maximum Gasteiger partial charge on any atom is 0.0474 e. The molecule has 0 radical (unpaired) electrons. The minimum atomic E-state index is 0.678. The van der Waals surface area contributed by atoms with Gasteiger partial charge in [-0.1, -0.05) is 20.8 Å². The largest absolute Gasteiger partial charge is 0.385 e. The number of ether oxygens (including phenoxy) is 1. The Morgan fingerprint density at radius 3 is 2.75 bits per heavy atom. The lowest BCUT2D eigenvalue weighted by molar-refractivity contribution is 0.0842. The Morgan fingerprint density at radius 2 is 2.19 bits per heavy atom. The molecule has 1 N–H and O–H groups in total. The van der Waals surface area contributed by atoms with Crippen LogP contribution in [0, 0.1) is 5.92 Å². The molecule has 1 aliphatic rings. The van der Waals surface area contributed by atoms with Crippen molar-refractivity contribution >= 4 is 0 Å². The zero-order chi connectivity index (χ0) is 12.0. The Balaban J connectivity index is 2.43. The molecule has 0 amide bonds. The van der Waals surface area contributed by atoms with Gasteiger partial charge in [0.15, 0.2) is 0 Å². The van der Waals surface area contributed by atoms with E-state index in [2.05, 4.69) is 31.0 Å². The Labute approximate surface area is 101 Å². The first kappa shape index (κ1) is 13.9. The summed E-state index contributed by atoms with van der Waals surface area (Å²) in [6, 6.07) is 1.37. The summed E-state index contributed by atoms with van der Waals surface area (Å²) in [6.45, 7) is 11.3. The minimum absolute atomic E-state index is 0.678. The molecular formula is C13H28N2O. The lowest BCUT2D eigenvalue weighted by Crippen LogP contribution is -2.58. The fraction of sp³-hybridized carbons (Fsp3) is 1.00. The van der Waals surface area contributed by atoms with Crippen molar-refractivity contribution in [2.45, 2.75) is 45.7 Å². The molecule has 3 nitrogen and oxygen atoms in total. The Bertz CT molecular complexity index is 185. The number of nitrogens with one attached hydrogen (secondary N) is 1. The van der Waals surface area contributed by atoms with Gasteiger partial charge in [0.25, 0.3) is 0 Å². The smallest absolute Gasteiger partial charge is 0.0474 e. The van der Waals surface area contributed by atoms with Crippen molar-refractivity contribution in [1.29, 1.82) is 0 Å². The molecule has 1 saturated heterocycles. The van der Waals surface area contributed by atoms with Crippen molar-refractivity contribution in [2.75, 3.05) is 33.4 Å². The van der Waals surface area contributed by atoms with Gasteiger partial charge in [0.2, 0.25) is 0 Å². The number of piperazine rings is 1. The molecule has 96 valence electrons. The predicted molar refractivity (Wildman–Crippen MR) is 68.8 cm³/mol. The topological polar surface area (TPSA) is 24.5 Å². The molecule has 1 heterocycles. The standard InChI is InChI=1S/C13H28N2O/c1-5-12-10-15(7-6-8-16-4)13(9-14-12)11(2)3/h11-14H,5-10H2,1-4H3. The highest BCUT2D eigenvalue weighted by Gasteiger charge is 2.28. The summed E-state index contributed by atoms with van der Waals surface area (Å²) in [7, 11) is 1.78. The average Bonchev–Trinajstić information content (AvgIpc) is 2.29. The van der Waals surface area contributed by atoms with Crippen molar-refractivity contribution in [1.82, 2.24) is 10.2 Å². The van der Waals surface area contributed by atoms with E-state index in [9.17, 15) is 0 Å². The van der Waals surface area contributed by atoms with E-state index in [-0.39, 0.29) is 0 Å². The summed E-state index contributed by atoms with van der Waals surface area (Å²) in [5.41, 5.74) is 0. The van der Waals surface area contributed by atoms with Crippen molar-refractivity contribution in [3.8, 4) is 0 Å². The van der Waals surface area contributed by atoms with Gasteiger partial charge in [-0.25, -0.2) is 0 Å². The van der Waals surface area contributed by atoms with E-state index in [1.54, 1.807) is 7.11 Å². The van der Waals surface area contributed by atoms with Gasteiger partial charge in [0.1, 0.15) is 0 Å². The van der Waals surface area contributed by atoms with E-state index in [1.807, 2.05) is 0 Å². The van der Waals surface area contributed by atoms with Gasteiger partial charge in [-0.15, -0.1) is 0 Å². The maximum absolute atomic E-state index is 5.14. The first-order chi connectivity index (χ1) is 7.69. The summed E-state index contributed by atoms with van der Waals surface area (Å²) in [6.07, 6.45) is 2.38. The highest BCUT2D eigenvalue weighted by molar-refractivity contribution is 4.87. The van der Waals surface area contributed by atoms with E-state index in [4.69, 9.17) is 4.74 Å². The normalized spacial score (nSPS) is 27.6. The van der Waals surface area contributed by atoms with Gasteiger partial charge >= 0.3 is 0 Å². The van der Waals surface area contributed by atoms with Crippen LogP contribution < -0.4 is 5.32 Å². The Morgan fingerprint density at radius 1 is 1.44 bits per heavy atom. The van der Waals surface area contributed by atoms with Crippen molar-refractivity contribution in [2.24, 2.45) is 5.92 Å². The molecule has 0 saturated carbocycles. The molecule has 0 spiro atoms. The van der Waals surface area contributed by atoms with Crippen LogP contribution in [0.1, 0.15) is 33.6 Å². The van der Waals surface area contributed by atoms with Crippen LogP contribution in [0.2, 0.25) is 0 Å². The molecule has 16 heavy (non-hydrogen) atoms. The first-order valence-electron chi connectivity index (χ1n) is 6.65. The van der Waals surface area contributed by atoms with E-state index in [0.29, 0.717) is 12.1 Å². The molecule has 2 atom stereocenters. The van der Waals surface area contributed by atoms with Crippen molar-refractivity contribution in [3.05, 3.63) is 0 Å². The first-order valence-corrected chi connectivity index (χ1v) is 6.65. The monoisotopic (exact) mass is 228 g/mol. The van der Waals surface area contributed by atoms with E-state index in [0.717, 1.165) is 25.5 Å². The average molecular weight is 228 g/mol. The lowest BCUT2D eigenvalue weighted by atomic mass is 9.97. The van der Waals surface area contributed by atoms with Gasteiger partial charge in [-0.2, -0.15) is 0 Å². The summed E-state index contributed by atoms with van der Waals surface area (Å²) < 4.78 is 5.14. The number of nitrogens with zero attached hydrogens (tertiary/aromatic N) is 1. The van der Waals surface area contributed by atoms with Gasteiger partial charge in [0.05, 0.1) is 0 Å². The predicted octanol–water partition coefficient (Wildman–Crippen LogP) is 1.73. The van der Waals surface area contributed by atoms with Crippen LogP contribution in [0.15, 0.2) is 0 Å². The highest BCUT2D eigenvalue weighted by atomic mass is 16.5. The molecule has 0 aromatic rings. The Hall–Kier alpha value is -0.120. The Kier molecular flexibility index (Phi) is 6.32. The molecule has 0 aliphatic carbocycles. The third-order valence-corrected chi connectivity index (χ3v) is 3.60. The molecule has 0 bridgehead atoms. The minimum Gasteiger partial charge on any atom is -0.385 e. The number of methoxy groups -OCH3 is 1. The van der Waals surface area contributed by atoms with E-state index in [1.165, 1.54) is 19.5 Å². The lowest BCUT2D eigenvalue weighted by Gasteiger charge is -2.42. The fourth-order valence-electron chi connectivity index (χ4n) is 2.50. The van der Waals surface area contributed by atoms with Gasteiger partial charge in [-0.05, 0) is 18.8 Å². The summed E-state index contributed by atoms with van der Waals surface area (Å²) in [5, 5.41) is 3.65. The van der Waals surface area contributed by atoms with Gasteiger partial charge < -0.3 is 10.1 Å². The summed E-state index contributed by atoms with van der Waals surface area (Å²) in [5.74, 6) is 0.729. The second kappa shape index (κ2) is 7.25. The van der Waals surface area contributed by atoms with Crippen LogP contribution in [0.3, 0.4) is 0 Å². The van der Waals surface area contributed by atoms with Crippen LogP contribution in [-0.2, 0) is 4.74 Å². The molecule has 0 aromatic heterocycles. The SMILES string of the molecule is CCC1CN(CCCOC)C(C(C)C)CN1. The molecule has 1 aliphatic heterocycles. The third-order valence-electron chi connectivity index (χ3n) is 3.60. The second-order valence-corrected chi connectivity index (χ2v) is 5.17. The van der Waals surface area contributed by atoms with E-state index >= 15 is 0 Å². The van der Waals surface area contributed by atoms with E-state index < -0.39 is 0 Å². The zero-order valence-corrected chi connectivity index (χ0v) is 11.3. The molecule has 0 aromatic carbocycles. The summed E-state index contributed by atoms with van der Waals surface area (Å²) >= 11 is 0. The molecule has 1 rings (SSSR count). The fourth-order valence-corrected chi connectivity index (χ4v) is 2.50. The van der Waals surface area contributed by atoms with Crippen molar-refractivity contribution < 1.29 is 4.74 Å². The van der Waals surface area contributed by atoms with Crippen LogP contribution >= 0.6 is 0 Å². The van der Waals surface area contributed by atoms with Gasteiger partial charge in [0, 0.05) is 45.4 Å². The summed E-state index contributed by atoms with van der Waals surface area (Å²) in [4.78, 5) is 2.65. The maximum atomic E-state index is 5.14. The quantitative estimate of drug-likeness (QED) is 0.701. The van der Waals surface area contributed by atoms with Gasteiger partial charge in [-0.3, -0.25) is 4.90 Å². The number of hydrogen-bond acceptors (Lipinski definition) is 3. The highest BCUT2D eigenvalue weighted by Crippen LogP contribution is 2.16. The molecule has 1 fully saturated rings. The number of hydrogen-bond donors (Lipinski definition) is 1.